The molecule has 0 spiro atoms. The van der Waals surface area contributed by atoms with E-state index in [1.807, 2.05) is 43.9 Å². The maximum atomic E-state index is 12.3. The number of benzene rings is 1. The van der Waals surface area contributed by atoms with Gasteiger partial charge in [0.1, 0.15) is 6.54 Å². The zero-order chi connectivity index (χ0) is 23.0. The highest BCUT2D eigenvalue weighted by atomic mass is 127. The molecule has 10 heteroatoms. The molecule has 1 fully saturated rings. The SMILES string of the molecule is CC(C)(C)NC(=O)CN=C(NCCC(=O)N1CCCC1)Nc1ccc2c(c1)OCCCO2.I. The van der Waals surface area contributed by atoms with Gasteiger partial charge in [0.05, 0.1) is 13.2 Å². The molecule has 1 aromatic rings. The molecule has 2 heterocycles. The number of halogens is 1. The van der Waals surface area contributed by atoms with Crippen LogP contribution in [0.25, 0.3) is 0 Å². The van der Waals surface area contributed by atoms with E-state index < -0.39 is 0 Å². The first-order valence-electron chi connectivity index (χ1n) is 11.3. The molecule has 0 aliphatic carbocycles. The van der Waals surface area contributed by atoms with Gasteiger partial charge in [-0.05, 0) is 45.7 Å². The van der Waals surface area contributed by atoms with Crippen LogP contribution in [0.3, 0.4) is 0 Å². The lowest BCUT2D eigenvalue weighted by Gasteiger charge is -2.20. The zero-order valence-electron chi connectivity index (χ0n) is 19.7. The van der Waals surface area contributed by atoms with Gasteiger partial charge in [-0.3, -0.25) is 9.59 Å². The Morgan fingerprint density at radius 1 is 1.06 bits per heavy atom. The van der Waals surface area contributed by atoms with Gasteiger partial charge in [0.25, 0.3) is 0 Å². The normalized spacial score (nSPS) is 15.8. The number of nitrogens with one attached hydrogen (secondary N) is 3. The predicted molar refractivity (Wildman–Crippen MR) is 140 cm³/mol. The van der Waals surface area contributed by atoms with E-state index in [0.717, 1.165) is 38.0 Å². The number of rotatable bonds is 6. The van der Waals surface area contributed by atoms with Crippen molar-refractivity contribution in [3.8, 4) is 11.5 Å². The first-order valence-corrected chi connectivity index (χ1v) is 11.3. The molecule has 0 unspecified atom stereocenters. The van der Waals surface area contributed by atoms with E-state index in [-0.39, 0.29) is 47.9 Å². The summed E-state index contributed by atoms with van der Waals surface area (Å²) in [7, 11) is 0. The van der Waals surface area contributed by atoms with Crippen molar-refractivity contribution in [3.63, 3.8) is 0 Å². The summed E-state index contributed by atoms with van der Waals surface area (Å²) in [6.45, 7) is 9.06. The summed E-state index contributed by atoms with van der Waals surface area (Å²) >= 11 is 0. The highest BCUT2D eigenvalue weighted by Crippen LogP contribution is 2.32. The number of carbonyl (C=O) groups is 2. The lowest BCUT2D eigenvalue weighted by Crippen LogP contribution is -2.42. The van der Waals surface area contributed by atoms with Gasteiger partial charge in [-0.2, -0.15) is 0 Å². The first-order chi connectivity index (χ1) is 15.3. The van der Waals surface area contributed by atoms with E-state index in [1.54, 1.807) is 0 Å². The number of anilines is 1. The number of fused-ring (bicyclic) bond motifs is 1. The lowest BCUT2D eigenvalue weighted by atomic mass is 10.1. The second kappa shape index (κ2) is 12.9. The molecule has 0 bridgehead atoms. The van der Waals surface area contributed by atoms with Gasteiger partial charge in [-0.25, -0.2) is 4.99 Å². The Kier molecular flexibility index (Phi) is 10.5. The fourth-order valence-corrected chi connectivity index (χ4v) is 3.54. The number of ether oxygens (including phenoxy) is 2. The number of guanidine groups is 1. The Balaban J connectivity index is 0.00000385. The van der Waals surface area contributed by atoms with Crippen LogP contribution in [0, 0.1) is 0 Å². The lowest BCUT2D eigenvalue weighted by molar-refractivity contribution is -0.130. The second-order valence-electron chi connectivity index (χ2n) is 9.06. The molecule has 3 rings (SSSR count). The molecule has 2 aliphatic rings. The Morgan fingerprint density at radius 2 is 1.76 bits per heavy atom. The Hall–Kier alpha value is -2.24. The predicted octanol–water partition coefficient (Wildman–Crippen LogP) is 2.75. The monoisotopic (exact) mass is 573 g/mol. The van der Waals surface area contributed by atoms with E-state index >= 15 is 0 Å². The number of nitrogens with zero attached hydrogens (tertiary/aromatic N) is 2. The van der Waals surface area contributed by atoms with Crippen LogP contribution in [0.2, 0.25) is 0 Å². The quantitative estimate of drug-likeness (QED) is 0.275. The third kappa shape index (κ3) is 9.26. The molecule has 0 radical (unpaired) electrons. The smallest absolute Gasteiger partial charge is 0.242 e. The van der Waals surface area contributed by atoms with Crippen LogP contribution < -0.4 is 25.4 Å². The average Bonchev–Trinajstić information content (AvgIpc) is 3.17. The second-order valence-corrected chi connectivity index (χ2v) is 9.06. The Labute approximate surface area is 213 Å². The van der Waals surface area contributed by atoms with Crippen LogP contribution in [0.1, 0.15) is 46.5 Å². The molecule has 2 aliphatic heterocycles. The minimum absolute atomic E-state index is 0. The average molecular weight is 573 g/mol. The zero-order valence-corrected chi connectivity index (χ0v) is 22.1. The van der Waals surface area contributed by atoms with Gasteiger partial charge in [0, 0.05) is 49.8 Å². The van der Waals surface area contributed by atoms with E-state index in [1.165, 1.54) is 0 Å². The topological polar surface area (TPSA) is 104 Å². The Morgan fingerprint density at radius 3 is 2.45 bits per heavy atom. The highest BCUT2D eigenvalue weighted by Gasteiger charge is 2.18. The summed E-state index contributed by atoms with van der Waals surface area (Å²) < 4.78 is 11.4. The molecule has 0 saturated carbocycles. The molecule has 3 N–H and O–H groups in total. The molecule has 0 atom stereocenters. The summed E-state index contributed by atoms with van der Waals surface area (Å²) in [5.41, 5.74) is 0.423. The minimum atomic E-state index is -0.329. The fraction of sp³-hybridized carbons (Fsp3) is 0.609. The molecular weight excluding hydrogens is 537 g/mol. The molecule has 9 nitrogen and oxygen atoms in total. The van der Waals surface area contributed by atoms with Gasteiger partial charge in [-0.15, -0.1) is 24.0 Å². The van der Waals surface area contributed by atoms with Gasteiger partial charge < -0.3 is 30.3 Å². The van der Waals surface area contributed by atoms with E-state index in [0.29, 0.717) is 43.6 Å². The number of aliphatic imine (C=N–C) groups is 1. The highest BCUT2D eigenvalue weighted by molar-refractivity contribution is 14.0. The summed E-state index contributed by atoms with van der Waals surface area (Å²) in [5.74, 6) is 1.76. The number of hydrogen-bond acceptors (Lipinski definition) is 5. The maximum Gasteiger partial charge on any atom is 0.242 e. The molecule has 0 aromatic heterocycles. The standard InChI is InChI=1S/C23H35N5O4.HI/c1-23(2,3)27-20(29)16-25-22(24-10-9-21(30)28-11-4-5-12-28)26-17-7-8-18-19(15-17)32-14-6-13-31-18;/h7-8,15H,4-6,9-14,16H2,1-3H3,(H,27,29)(H2,24,25,26);1H. The largest absolute Gasteiger partial charge is 0.490 e. The van der Waals surface area contributed by atoms with Crippen molar-refractivity contribution in [3.05, 3.63) is 18.2 Å². The van der Waals surface area contributed by atoms with Crippen LogP contribution in [0.4, 0.5) is 5.69 Å². The third-order valence-electron chi connectivity index (χ3n) is 5.00. The Bertz CT molecular complexity index is 835. The molecule has 33 heavy (non-hydrogen) atoms. The van der Waals surface area contributed by atoms with Crippen molar-refractivity contribution in [1.29, 1.82) is 0 Å². The summed E-state index contributed by atoms with van der Waals surface area (Å²) in [6.07, 6.45) is 3.34. The molecular formula is C23H36IN5O4. The molecule has 1 saturated heterocycles. The van der Waals surface area contributed by atoms with Crippen LogP contribution in [0.15, 0.2) is 23.2 Å². The molecule has 2 amide bonds. The number of hydrogen-bond donors (Lipinski definition) is 3. The van der Waals surface area contributed by atoms with E-state index in [9.17, 15) is 9.59 Å². The van der Waals surface area contributed by atoms with Crippen molar-refractivity contribution >= 4 is 47.4 Å². The fourth-order valence-electron chi connectivity index (χ4n) is 3.54. The van der Waals surface area contributed by atoms with Crippen molar-refractivity contribution in [2.24, 2.45) is 4.99 Å². The van der Waals surface area contributed by atoms with Crippen molar-refractivity contribution in [2.75, 3.05) is 44.7 Å². The van der Waals surface area contributed by atoms with Gasteiger partial charge >= 0.3 is 0 Å². The van der Waals surface area contributed by atoms with Gasteiger partial charge in [0.2, 0.25) is 11.8 Å². The summed E-state index contributed by atoms with van der Waals surface area (Å²) in [4.78, 5) is 30.9. The van der Waals surface area contributed by atoms with Crippen LogP contribution >= 0.6 is 24.0 Å². The third-order valence-corrected chi connectivity index (χ3v) is 5.00. The minimum Gasteiger partial charge on any atom is -0.490 e. The molecule has 184 valence electrons. The number of likely N-dealkylation sites (tertiary alicyclic amines) is 1. The summed E-state index contributed by atoms with van der Waals surface area (Å²) in [5, 5.41) is 9.28. The van der Waals surface area contributed by atoms with Crippen LogP contribution in [-0.2, 0) is 9.59 Å². The maximum absolute atomic E-state index is 12.3. The van der Waals surface area contributed by atoms with Crippen LogP contribution in [0.5, 0.6) is 11.5 Å². The van der Waals surface area contributed by atoms with E-state index in [2.05, 4.69) is 20.9 Å². The van der Waals surface area contributed by atoms with E-state index in [4.69, 9.17) is 9.47 Å². The first kappa shape index (κ1) is 27.0. The van der Waals surface area contributed by atoms with Gasteiger partial charge in [-0.1, -0.05) is 0 Å². The number of amides is 2. The molecule has 1 aromatic carbocycles. The van der Waals surface area contributed by atoms with Crippen molar-refractivity contribution in [1.82, 2.24) is 15.5 Å². The van der Waals surface area contributed by atoms with Crippen molar-refractivity contribution in [2.45, 2.75) is 52.0 Å². The summed E-state index contributed by atoms with van der Waals surface area (Å²) in [6, 6.07) is 5.57. The number of carbonyl (C=O) groups excluding carboxylic acids is 2. The van der Waals surface area contributed by atoms with Crippen molar-refractivity contribution < 1.29 is 19.1 Å². The van der Waals surface area contributed by atoms with Crippen LogP contribution in [-0.4, -0.2) is 67.6 Å². The van der Waals surface area contributed by atoms with Gasteiger partial charge in [0.15, 0.2) is 17.5 Å².